The average Bonchev–Trinajstić information content (AvgIpc) is 3.34. The molecule has 4 nitrogen and oxygen atoms in total. The molecule has 1 atom stereocenters. The summed E-state index contributed by atoms with van der Waals surface area (Å²) in [5.74, 6) is 0.553. The van der Waals surface area contributed by atoms with E-state index in [4.69, 9.17) is 0 Å². The van der Waals surface area contributed by atoms with Crippen LogP contribution in [0.4, 0.5) is 15.3 Å². The number of pyridine rings is 1. The van der Waals surface area contributed by atoms with Crippen LogP contribution in [0.2, 0.25) is 0 Å². The van der Waals surface area contributed by atoms with Crippen LogP contribution in [-0.2, 0) is 6.42 Å². The Balaban J connectivity index is 1.36. The molecule has 0 radical (unpaired) electrons. The summed E-state index contributed by atoms with van der Waals surface area (Å²) in [7, 11) is 0. The van der Waals surface area contributed by atoms with Crippen molar-refractivity contribution in [2.45, 2.75) is 31.7 Å². The molecule has 6 heteroatoms. The number of rotatable bonds is 6. The van der Waals surface area contributed by atoms with Gasteiger partial charge < -0.3 is 10.6 Å². The van der Waals surface area contributed by atoms with Gasteiger partial charge in [0, 0.05) is 18.4 Å². The first-order valence-corrected chi connectivity index (χ1v) is 9.75. The van der Waals surface area contributed by atoms with Crippen molar-refractivity contribution in [2.75, 3.05) is 11.9 Å². The molecule has 1 aliphatic heterocycles. The van der Waals surface area contributed by atoms with Crippen molar-refractivity contribution in [1.82, 2.24) is 15.3 Å². The maximum atomic E-state index is 13.0. The Morgan fingerprint density at radius 1 is 1.12 bits per heavy atom. The normalized spacial score (nSPS) is 16.7. The maximum absolute atomic E-state index is 13.0. The van der Waals surface area contributed by atoms with Crippen molar-refractivity contribution in [3.05, 3.63) is 60.2 Å². The lowest BCUT2D eigenvalue weighted by atomic mass is 10.1. The van der Waals surface area contributed by atoms with Crippen molar-refractivity contribution in [2.24, 2.45) is 0 Å². The zero-order chi connectivity index (χ0) is 17.8. The molecule has 2 N–H and O–H groups in total. The molecule has 2 aromatic heterocycles. The number of aromatic nitrogens is 2. The Labute approximate surface area is 156 Å². The summed E-state index contributed by atoms with van der Waals surface area (Å²) >= 11 is 1.52. The number of anilines is 2. The van der Waals surface area contributed by atoms with Gasteiger partial charge in [0.2, 0.25) is 0 Å². The lowest BCUT2D eigenvalue weighted by Gasteiger charge is -2.09. The van der Waals surface area contributed by atoms with Crippen LogP contribution in [0.15, 0.2) is 48.8 Å². The minimum atomic E-state index is -0.232. The van der Waals surface area contributed by atoms with Gasteiger partial charge in [0.15, 0.2) is 5.13 Å². The van der Waals surface area contributed by atoms with Crippen LogP contribution < -0.4 is 10.6 Å². The van der Waals surface area contributed by atoms with E-state index in [0.717, 1.165) is 34.4 Å². The summed E-state index contributed by atoms with van der Waals surface area (Å²) in [4.78, 5) is 9.88. The summed E-state index contributed by atoms with van der Waals surface area (Å²) in [6.45, 7) is 1.15. The smallest absolute Gasteiger partial charge is 0.188 e. The summed E-state index contributed by atoms with van der Waals surface area (Å²) in [6, 6.07) is 11.2. The monoisotopic (exact) mass is 368 g/mol. The van der Waals surface area contributed by atoms with Crippen LogP contribution in [0.25, 0.3) is 10.4 Å². The second kappa shape index (κ2) is 7.93. The highest BCUT2D eigenvalue weighted by atomic mass is 32.1. The highest BCUT2D eigenvalue weighted by Gasteiger charge is 2.13. The number of halogens is 1. The Bertz CT molecular complexity index is 839. The second-order valence-electron chi connectivity index (χ2n) is 6.55. The van der Waals surface area contributed by atoms with E-state index in [1.165, 1.54) is 48.3 Å². The van der Waals surface area contributed by atoms with E-state index in [1.54, 1.807) is 18.3 Å². The first-order valence-electron chi connectivity index (χ1n) is 8.93. The fourth-order valence-corrected chi connectivity index (χ4v) is 4.01. The lowest BCUT2D eigenvalue weighted by molar-refractivity contribution is 0.559. The van der Waals surface area contributed by atoms with Crippen LogP contribution in [0.3, 0.4) is 0 Å². The van der Waals surface area contributed by atoms with Crippen molar-refractivity contribution >= 4 is 22.3 Å². The van der Waals surface area contributed by atoms with Gasteiger partial charge in [-0.15, -0.1) is 0 Å². The molecule has 0 bridgehead atoms. The zero-order valence-corrected chi connectivity index (χ0v) is 15.2. The maximum Gasteiger partial charge on any atom is 0.188 e. The number of thiazole rings is 1. The zero-order valence-electron chi connectivity index (χ0n) is 14.4. The van der Waals surface area contributed by atoms with E-state index in [1.807, 2.05) is 12.3 Å². The van der Waals surface area contributed by atoms with E-state index in [9.17, 15) is 4.39 Å². The molecule has 1 unspecified atom stereocenters. The summed E-state index contributed by atoms with van der Waals surface area (Å²) < 4.78 is 13.0. The molecule has 26 heavy (non-hydrogen) atoms. The van der Waals surface area contributed by atoms with Crippen LogP contribution in [0, 0.1) is 5.82 Å². The molecule has 1 aliphatic rings. The highest BCUT2D eigenvalue weighted by Crippen LogP contribution is 2.30. The predicted molar refractivity (Wildman–Crippen MR) is 104 cm³/mol. The van der Waals surface area contributed by atoms with E-state index in [2.05, 4.69) is 26.7 Å². The third-order valence-electron chi connectivity index (χ3n) is 4.64. The van der Waals surface area contributed by atoms with Crippen molar-refractivity contribution in [3.63, 3.8) is 0 Å². The van der Waals surface area contributed by atoms with Crippen molar-refractivity contribution < 1.29 is 4.39 Å². The van der Waals surface area contributed by atoms with Crippen molar-refractivity contribution in [1.29, 1.82) is 0 Å². The molecule has 1 aromatic carbocycles. The van der Waals surface area contributed by atoms with E-state index in [-0.39, 0.29) is 5.82 Å². The fraction of sp³-hybridized carbons (Fsp3) is 0.300. The summed E-state index contributed by atoms with van der Waals surface area (Å²) in [5.41, 5.74) is 2.22. The molecule has 0 amide bonds. The third-order valence-corrected chi connectivity index (χ3v) is 5.60. The summed E-state index contributed by atoms with van der Waals surface area (Å²) in [6.07, 6.45) is 8.53. The van der Waals surface area contributed by atoms with Gasteiger partial charge in [-0.3, -0.25) is 0 Å². The number of nitrogens with one attached hydrogen (secondary N) is 2. The SMILES string of the molecule is Fc1ccc(-c2cnc(Nc3ccc(CCC4CCCN4)cn3)s2)cc1. The van der Waals surface area contributed by atoms with Crippen LogP contribution >= 0.6 is 11.3 Å². The predicted octanol–water partition coefficient (Wildman–Crippen LogP) is 4.77. The first-order chi connectivity index (χ1) is 12.8. The van der Waals surface area contributed by atoms with Gasteiger partial charge in [-0.2, -0.15) is 0 Å². The third kappa shape index (κ3) is 4.26. The van der Waals surface area contributed by atoms with Crippen LogP contribution in [0.1, 0.15) is 24.8 Å². The first kappa shape index (κ1) is 17.1. The molecule has 4 rings (SSSR count). The van der Waals surface area contributed by atoms with Crippen LogP contribution in [0.5, 0.6) is 0 Å². The molecule has 3 heterocycles. The van der Waals surface area contributed by atoms with Gasteiger partial charge in [0.1, 0.15) is 11.6 Å². The van der Waals surface area contributed by atoms with Gasteiger partial charge >= 0.3 is 0 Å². The Kier molecular flexibility index (Phi) is 5.22. The Morgan fingerprint density at radius 3 is 2.73 bits per heavy atom. The molecular formula is C20H21FN4S. The number of hydrogen-bond donors (Lipinski definition) is 2. The molecule has 0 saturated carbocycles. The molecule has 134 valence electrons. The lowest BCUT2D eigenvalue weighted by Crippen LogP contribution is -2.21. The summed E-state index contributed by atoms with van der Waals surface area (Å²) in [5, 5.41) is 7.55. The minimum Gasteiger partial charge on any atom is -0.316 e. The quantitative estimate of drug-likeness (QED) is 0.658. The minimum absolute atomic E-state index is 0.232. The van der Waals surface area contributed by atoms with Crippen LogP contribution in [-0.4, -0.2) is 22.6 Å². The van der Waals surface area contributed by atoms with Gasteiger partial charge in [0.25, 0.3) is 0 Å². The number of aryl methyl sites for hydroxylation is 1. The highest BCUT2D eigenvalue weighted by molar-refractivity contribution is 7.18. The van der Waals surface area contributed by atoms with Gasteiger partial charge in [-0.25, -0.2) is 14.4 Å². The fourth-order valence-electron chi connectivity index (χ4n) is 3.18. The molecule has 3 aromatic rings. The topological polar surface area (TPSA) is 49.8 Å². The molecule has 1 saturated heterocycles. The van der Waals surface area contributed by atoms with E-state index in [0.29, 0.717) is 6.04 Å². The number of nitrogens with zero attached hydrogens (tertiary/aromatic N) is 2. The number of hydrogen-bond acceptors (Lipinski definition) is 5. The van der Waals surface area contributed by atoms with Gasteiger partial charge in [-0.05, 0) is 61.6 Å². The van der Waals surface area contributed by atoms with E-state index >= 15 is 0 Å². The van der Waals surface area contributed by atoms with Gasteiger partial charge in [-0.1, -0.05) is 29.5 Å². The molecule has 0 spiro atoms. The molecule has 1 fully saturated rings. The van der Waals surface area contributed by atoms with Crippen molar-refractivity contribution in [3.8, 4) is 10.4 Å². The standard InChI is InChI=1S/C20H21FN4S/c21-16-7-5-15(6-8-16)18-13-24-20(26-18)25-19-10-4-14(12-23-19)3-9-17-2-1-11-22-17/h4-8,10,12-13,17,22H,1-3,9,11H2,(H,23,24,25). The molecular weight excluding hydrogens is 347 g/mol. The number of benzene rings is 1. The van der Waals surface area contributed by atoms with E-state index < -0.39 is 0 Å². The largest absolute Gasteiger partial charge is 0.316 e. The van der Waals surface area contributed by atoms with Gasteiger partial charge in [0.05, 0.1) is 4.88 Å². The second-order valence-corrected chi connectivity index (χ2v) is 7.58. The Hall–Kier alpha value is -2.31. The molecule has 0 aliphatic carbocycles. The average molecular weight is 368 g/mol. The Morgan fingerprint density at radius 2 is 2.00 bits per heavy atom.